The monoisotopic (exact) mass is 382 g/mol. The third kappa shape index (κ3) is 5.06. The number of halogens is 3. The summed E-state index contributed by atoms with van der Waals surface area (Å²) in [5.41, 5.74) is 4.89. The Hall–Kier alpha value is -2.42. The highest BCUT2D eigenvalue weighted by molar-refractivity contribution is 5.88. The number of benzene rings is 1. The van der Waals surface area contributed by atoms with Gasteiger partial charge in [0.25, 0.3) is 11.7 Å². The first-order valence-electron chi connectivity index (χ1n) is 8.83. The standard InChI is InChI=1S/C18H21F3N4O2/c19-18(20,21)14-6-2-1-5-13(14)8-7-12-4-3-9-25(10-12)11-15-23-17(16(22)26)24-27-15/h1-2,5-6,12H,3-4,7-11H2,(H2,22,26)/t12-/m0/s1. The first-order chi connectivity index (χ1) is 12.8. The van der Waals surface area contributed by atoms with E-state index in [1.807, 2.05) is 0 Å². The molecule has 0 aliphatic carbocycles. The van der Waals surface area contributed by atoms with Gasteiger partial charge in [-0.1, -0.05) is 23.4 Å². The minimum absolute atomic E-state index is 0.151. The molecule has 0 unspecified atom stereocenters. The van der Waals surface area contributed by atoms with E-state index in [4.69, 9.17) is 10.3 Å². The van der Waals surface area contributed by atoms with Crippen LogP contribution in [0.4, 0.5) is 13.2 Å². The fourth-order valence-electron chi connectivity index (χ4n) is 3.52. The van der Waals surface area contributed by atoms with Crippen LogP contribution in [0.3, 0.4) is 0 Å². The number of primary amides is 1. The molecule has 2 N–H and O–H groups in total. The number of amides is 1. The fourth-order valence-corrected chi connectivity index (χ4v) is 3.52. The van der Waals surface area contributed by atoms with Crippen molar-refractivity contribution < 1.29 is 22.5 Å². The molecule has 0 saturated carbocycles. The van der Waals surface area contributed by atoms with Crippen LogP contribution < -0.4 is 5.73 Å². The molecule has 1 fully saturated rings. The Kier molecular flexibility index (Phi) is 5.79. The summed E-state index contributed by atoms with van der Waals surface area (Å²) in [6, 6.07) is 5.74. The number of alkyl halides is 3. The molecule has 27 heavy (non-hydrogen) atoms. The summed E-state index contributed by atoms with van der Waals surface area (Å²) in [5.74, 6) is -0.294. The third-order valence-electron chi connectivity index (χ3n) is 4.80. The van der Waals surface area contributed by atoms with E-state index in [-0.39, 0.29) is 5.82 Å². The molecule has 0 spiro atoms. The number of rotatable bonds is 6. The normalized spacial score (nSPS) is 18.6. The van der Waals surface area contributed by atoms with Crippen LogP contribution in [-0.2, 0) is 19.1 Å². The number of nitrogens with zero attached hydrogens (tertiary/aromatic N) is 3. The molecule has 1 aliphatic heterocycles. The molecule has 2 aromatic rings. The van der Waals surface area contributed by atoms with Gasteiger partial charge in [0.15, 0.2) is 0 Å². The van der Waals surface area contributed by atoms with Gasteiger partial charge in [-0.15, -0.1) is 0 Å². The van der Waals surface area contributed by atoms with Crippen molar-refractivity contribution in [2.45, 2.75) is 38.4 Å². The molecule has 2 heterocycles. The lowest BCUT2D eigenvalue weighted by molar-refractivity contribution is -0.138. The maximum Gasteiger partial charge on any atom is 0.416 e. The molecule has 0 bridgehead atoms. The quantitative estimate of drug-likeness (QED) is 0.830. The van der Waals surface area contributed by atoms with E-state index in [1.165, 1.54) is 6.07 Å². The number of aromatic nitrogens is 2. The van der Waals surface area contributed by atoms with Crippen molar-refractivity contribution >= 4 is 5.91 Å². The summed E-state index contributed by atoms with van der Waals surface area (Å²) in [6.07, 6.45) is -1.34. The lowest BCUT2D eigenvalue weighted by atomic mass is 9.90. The van der Waals surface area contributed by atoms with Crippen LogP contribution in [0.15, 0.2) is 28.8 Å². The molecular formula is C18H21F3N4O2. The number of hydrogen-bond acceptors (Lipinski definition) is 5. The van der Waals surface area contributed by atoms with Gasteiger partial charge in [-0.25, -0.2) is 0 Å². The topological polar surface area (TPSA) is 85.2 Å². The lowest BCUT2D eigenvalue weighted by Gasteiger charge is -2.31. The van der Waals surface area contributed by atoms with Crippen molar-refractivity contribution in [1.82, 2.24) is 15.0 Å². The number of hydrogen-bond donors (Lipinski definition) is 1. The average Bonchev–Trinajstić information content (AvgIpc) is 3.09. The van der Waals surface area contributed by atoms with E-state index >= 15 is 0 Å². The number of piperidine rings is 1. The third-order valence-corrected chi connectivity index (χ3v) is 4.80. The fraction of sp³-hybridized carbons (Fsp3) is 0.500. The van der Waals surface area contributed by atoms with Gasteiger partial charge in [-0.05, 0) is 49.8 Å². The Morgan fingerprint density at radius 1 is 1.33 bits per heavy atom. The van der Waals surface area contributed by atoms with E-state index in [9.17, 15) is 18.0 Å². The van der Waals surface area contributed by atoms with Gasteiger partial charge in [0, 0.05) is 6.54 Å². The molecule has 6 nitrogen and oxygen atoms in total. The second-order valence-electron chi connectivity index (χ2n) is 6.81. The van der Waals surface area contributed by atoms with Gasteiger partial charge in [0.05, 0.1) is 12.1 Å². The smallest absolute Gasteiger partial charge is 0.363 e. The maximum atomic E-state index is 13.1. The van der Waals surface area contributed by atoms with Crippen LogP contribution in [-0.4, -0.2) is 34.0 Å². The zero-order valence-electron chi connectivity index (χ0n) is 14.7. The van der Waals surface area contributed by atoms with E-state index in [0.29, 0.717) is 36.8 Å². The predicted molar refractivity (Wildman–Crippen MR) is 90.6 cm³/mol. The van der Waals surface area contributed by atoms with Crippen LogP contribution in [0.5, 0.6) is 0 Å². The number of carbonyl (C=O) groups is 1. The lowest BCUT2D eigenvalue weighted by Crippen LogP contribution is -2.35. The van der Waals surface area contributed by atoms with E-state index in [1.54, 1.807) is 12.1 Å². The molecule has 1 aromatic heterocycles. The van der Waals surface area contributed by atoms with Crippen LogP contribution in [0.1, 0.15) is 46.9 Å². The summed E-state index contributed by atoms with van der Waals surface area (Å²) in [5, 5.41) is 3.52. The zero-order valence-corrected chi connectivity index (χ0v) is 14.7. The molecule has 9 heteroatoms. The molecule has 1 aromatic carbocycles. The Balaban J connectivity index is 1.57. The van der Waals surface area contributed by atoms with Crippen molar-refractivity contribution in [2.24, 2.45) is 11.7 Å². The Morgan fingerprint density at radius 3 is 2.81 bits per heavy atom. The van der Waals surface area contributed by atoms with Crippen molar-refractivity contribution in [2.75, 3.05) is 13.1 Å². The highest BCUT2D eigenvalue weighted by atomic mass is 19.4. The SMILES string of the molecule is NC(=O)c1noc(CN2CCC[C@@H](CCc3ccccc3C(F)(F)F)C2)n1. The average molecular weight is 382 g/mol. The molecular weight excluding hydrogens is 361 g/mol. The second kappa shape index (κ2) is 8.08. The Morgan fingerprint density at radius 2 is 2.11 bits per heavy atom. The summed E-state index contributed by atoms with van der Waals surface area (Å²) < 4.78 is 44.4. The highest BCUT2D eigenvalue weighted by Gasteiger charge is 2.33. The predicted octanol–water partition coefficient (Wildman–Crippen LogP) is 3.03. The van der Waals surface area contributed by atoms with Crippen LogP contribution in [0, 0.1) is 5.92 Å². The number of nitrogens with two attached hydrogens (primary N) is 1. The number of likely N-dealkylation sites (tertiary alicyclic amines) is 1. The van der Waals surface area contributed by atoms with Gasteiger partial charge < -0.3 is 10.3 Å². The molecule has 0 radical (unpaired) electrons. The minimum Gasteiger partial charge on any atom is -0.363 e. The zero-order chi connectivity index (χ0) is 19.4. The molecule has 146 valence electrons. The number of carbonyl (C=O) groups excluding carboxylic acids is 1. The van der Waals surface area contributed by atoms with E-state index < -0.39 is 17.6 Å². The van der Waals surface area contributed by atoms with Crippen molar-refractivity contribution in [1.29, 1.82) is 0 Å². The molecule has 1 saturated heterocycles. The second-order valence-corrected chi connectivity index (χ2v) is 6.81. The van der Waals surface area contributed by atoms with Gasteiger partial charge in [0.1, 0.15) is 0 Å². The van der Waals surface area contributed by atoms with Crippen LogP contribution >= 0.6 is 0 Å². The van der Waals surface area contributed by atoms with Crippen molar-refractivity contribution in [3.8, 4) is 0 Å². The molecule has 3 rings (SSSR count). The van der Waals surface area contributed by atoms with Crippen LogP contribution in [0.2, 0.25) is 0 Å². The maximum absolute atomic E-state index is 13.1. The minimum atomic E-state index is -4.33. The first kappa shape index (κ1) is 19.3. The van der Waals surface area contributed by atoms with E-state index in [2.05, 4.69) is 15.0 Å². The number of aryl methyl sites for hydroxylation is 1. The van der Waals surface area contributed by atoms with Crippen LogP contribution in [0.25, 0.3) is 0 Å². The Labute approximate surface area is 154 Å². The van der Waals surface area contributed by atoms with Crippen molar-refractivity contribution in [3.63, 3.8) is 0 Å². The molecule has 1 amide bonds. The van der Waals surface area contributed by atoms with Gasteiger partial charge >= 0.3 is 6.18 Å². The summed E-state index contributed by atoms with van der Waals surface area (Å²) in [7, 11) is 0. The summed E-state index contributed by atoms with van der Waals surface area (Å²) >= 11 is 0. The van der Waals surface area contributed by atoms with Crippen molar-refractivity contribution in [3.05, 3.63) is 47.1 Å². The van der Waals surface area contributed by atoms with Gasteiger partial charge in [-0.3, -0.25) is 9.69 Å². The molecule has 1 aliphatic rings. The summed E-state index contributed by atoms with van der Waals surface area (Å²) in [6.45, 7) is 1.97. The van der Waals surface area contributed by atoms with Gasteiger partial charge in [0.2, 0.25) is 5.89 Å². The largest absolute Gasteiger partial charge is 0.416 e. The summed E-state index contributed by atoms with van der Waals surface area (Å²) in [4.78, 5) is 17.1. The Bertz CT molecular complexity index is 791. The first-order valence-corrected chi connectivity index (χ1v) is 8.83. The van der Waals surface area contributed by atoms with Gasteiger partial charge in [-0.2, -0.15) is 18.2 Å². The van der Waals surface area contributed by atoms with E-state index in [0.717, 1.165) is 32.0 Å². The highest BCUT2D eigenvalue weighted by Crippen LogP contribution is 2.33. The molecule has 1 atom stereocenters.